The van der Waals surface area contributed by atoms with Gasteiger partial charge in [0.15, 0.2) is 6.04 Å². The third kappa shape index (κ3) is 4.70. The second kappa shape index (κ2) is 8.30. The van der Waals surface area contributed by atoms with Gasteiger partial charge in [0, 0.05) is 22.6 Å². The molecule has 1 aromatic heterocycles. The van der Waals surface area contributed by atoms with Gasteiger partial charge in [0.1, 0.15) is 0 Å². The normalized spacial score (nSPS) is 11.5. The molecule has 7 heteroatoms. The summed E-state index contributed by atoms with van der Waals surface area (Å²) < 4.78 is 0. The van der Waals surface area contributed by atoms with Crippen molar-refractivity contribution in [1.29, 1.82) is 0 Å². The highest BCUT2D eigenvalue weighted by atomic mass is 16.4. The first-order valence-corrected chi connectivity index (χ1v) is 8.70. The van der Waals surface area contributed by atoms with Crippen LogP contribution < -0.4 is 10.6 Å². The number of nitrogens with one attached hydrogen (secondary N) is 2. The van der Waals surface area contributed by atoms with Gasteiger partial charge in [-0.2, -0.15) is 0 Å². The van der Waals surface area contributed by atoms with E-state index in [1.54, 1.807) is 54.6 Å². The minimum Gasteiger partial charge on any atom is -0.479 e. The number of benzene rings is 2. The summed E-state index contributed by atoms with van der Waals surface area (Å²) in [6.07, 6.45) is 0. The van der Waals surface area contributed by atoms with Gasteiger partial charge in [0.05, 0.1) is 0 Å². The zero-order chi connectivity index (χ0) is 20.1. The Morgan fingerprint density at radius 2 is 1.54 bits per heavy atom. The summed E-state index contributed by atoms with van der Waals surface area (Å²) >= 11 is 0. The topological polar surface area (TPSA) is 104 Å². The number of amides is 1. The van der Waals surface area contributed by atoms with Crippen molar-refractivity contribution < 1.29 is 14.7 Å². The number of rotatable bonds is 6. The van der Waals surface area contributed by atoms with Crippen LogP contribution >= 0.6 is 0 Å². The van der Waals surface area contributed by atoms with Crippen molar-refractivity contribution in [2.45, 2.75) is 19.9 Å². The van der Waals surface area contributed by atoms with Crippen LogP contribution in [-0.2, 0) is 4.79 Å². The molecule has 0 spiro atoms. The highest BCUT2D eigenvalue weighted by molar-refractivity contribution is 5.97. The molecule has 7 nitrogen and oxygen atoms in total. The highest BCUT2D eigenvalue weighted by Gasteiger charge is 2.22. The number of carbonyl (C=O) groups is 2. The van der Waals surface area contributed by atoms with E-state index in [-0.39, 0.29) is 0 Å². The SMILES string of the molecule is Cc1cc(C)nc(Nc2ccc(C(=O)N[C@H](C(=O)O)c3ccccc3)cc2)n1. The summed E-state index contributed by atoms with van der Waals surface area (Å²) in [4.78, 5) is 32.6. The van der Waals surface area contributed by atoms with E-state index in [1.165, 1.54) is 0 Å². The Kier molecular flexibility index (Phi) is 5.64. The Morgan fingerprint density at radius 1 is 0.929 bits per heavy atom. The van der Waals surface area contributed by atoms with Crippen LogP contribution in [0.25, 0.3) is 0 Å². The standard InChI is InChI=1S/C21H20N4O3/c1-13-12-14(2)23-21(22-13)24-17-10-8-16(9-11-17)19(26)25-18(20(27)28)15-6-4-3-5-7-15/h3-12,18H,1-2H3,(H,25,26)(H,27,28)(H,22,23,24)/t18-/m0/s1. The molecule has 1 heterocycles. The number of anilines is 2. The zero-order valence-electron chi connectivity index (χ0n) is 15.5. The number of hydrogen-bond donors (Lipinski definition) is 3. The minimum absolute atomic E-state index is 0.356. The molecular weight excluding hydrogens is 356 g/mol. The van der Waals surface area contributed by atoms with Crippen molar-refractivity contribution in [2.24, 2.45) is 0 Å². The molecule has 3 N–H and O–H groups in total. The number of aryl methyl sites for hydroxylation is 2. The van der Waals surface area contributed by atoms with Crippen molar-refractivity contribution in [1.82, 2.24) is 15.3 Å². The van der Waals surface area contributed by atoms with Crippen molar-refractivity contribution in [3.8, 4) is 0 Å². The van der Waals surface area contributed by atoms with Gasteiger partial charge in [-0.05, 0) is 49.7 Å². The number of nitrogens with zero attached hydrogens (tertiary/aromatic N) is 2. The molecule has 0 saturated heterocycles. The van der Waals surface area contributed by atoms with Crippen molar-refractivity contribution in [3.63, 3.8) is 0 Å². The van der Waals surface area contributed by atoms with Gasteiger partial charge in [0.2, 0.25) is 5.95 Å². The van der Waals surface area contributed by atoms with E-state index in [0.717, 1.165) is 17.1 Å². The Labute approximate surface area is 162 Å². The molecule has 0 bridgehead atoms. The van der Waals surface area contributed by atoms with E-state index in [4.69, 9.17) is 0 Å². The first-order valence-electron chi connectivity index (χ1n) is 8.70. The smallest absolute Gasteiger partial charge is 0.330 e. The van der Waals surface area contributed by atoms with Gasteiger partial charge in [-0.1, -0.05) is 30.3 Å². The van der Waals surface area contributed by atoms with E-state index < -0.39 is 17.9 Å². The Morgan fingerprint density at radius 3 is 2.11 bits per heavy atom. The predicted molar refractivity (Wildman–Crippen MR) is 106 cm³/mol. The molecule has 0 aliphatic carbocycles. The fourth-order valence-corrected chi connectivity index (χ4v) is 2.76. The monoisotopic (exact) mass is 376 g/mol. The number of aliphatic carboxylic acids is 1. The lowest BCUT2D eigenvalue weighted by molar-refractivity contribution is -0.139. The second-order valence-electron chi connectivity index (χ2n) is 6.33. The summed E-state index contributed by atoms with van der Waals surface area (Å²) in [7, 11) is 0. The molecule has 0 aliphatic rings. The molecule has 1 amide bonds. The van der Waals surface area contributed by atoms with Gasteiger partial charge in [0.25, 0.3) is 5.91 Å². The lowest BCUT2D eigenvalue weighted by Gasteiger charge is -2.15. The molecule has 0 aliphatic heterocycles. The molecule has 3 aromatic rings. The van der Waals surface area contributed by atoms with Gasteiger partial charge in [-0.3, -0.25) is 4.79 Å². The molecule has 142 valence electrons. The van der Waals surface area contributed by atoms with Crippen LogP contribution in [0.3, 0.4) is 0 Å². The predicted octanol–water partition coefficient (Wildman–Crippen LogP) is 3.39. The Hall–Kier alpha value is -3.74. The number of carbonyl (C=O) groups excluding carboxylic acids is 1. The average Bonchev–Trinajstić information content (AvgIpc) is 2.66. The largest absolute Gasteiger partial charge is 0.479 e. The minimum atomic E-state index is -1.12. The van der Waals surface area contributed by atoms with Crippen molar-refractivity contribution in [2.75, 3.05) is 5.32 Å². The maximum Gasteiger partial charge on any atom is 0.330 e. The third-order valence-electron chi connectivity index (χ3n) is 4.04. The van der Waals surface area contributed by atoms with Gasteiger partial charge in [-0.25, -0.2) is 14.8 Å². The maximum atomic E-state index is 12.5. The molecule has 0 fully saturated rings. The molecule has 0 radical (unpaired) electrons. The fourth-order valence-electron chi connectivity index (χ4n) is 2.76. The summed E-state index contributed by atoms with van der Waals surface area (Å²) in [6, 6.07) is 16.0. The summed E-state index contributed by atoms with van der Waals surface area (Å²) in [5, 5.41) is 15.1. The van der Waals surface area contributed by atoms with Gasteiger partial charge in [-0.15, -0.1) is 0 Å². The van der Waals surface area contributed by atoms with Crippen molar-refractivity contribution in [3.05, 3.63) is 83.2 Å². The first kappa shape index (κ1) is 19.0. The summed E-state index contributed by atoms with van der Waals surface area (Å²) in [5.41, 5.74) is 3.29. The van der Waals surface area contributed by atoms with E-state index in [2.05, 4.69) is 20.6 Å². The molecule has 1 atom stereocenters. The number of aromatic nitrogens is 2. The van der Waals surface area contributed by atoms with Gasteiger partial charge >= 0.3 is 5.97 Å². The van der Waals surface area contributed by atoms with Crippen LogP contribution in [0.2, 0.25) is 0 Å². The molecule has 2 aromatic carbocycles. The van der Waals surface area contributed by atoms with Crippen LogP contribution in [0.5, 0.6) is 0 Å². The van der Waals surface area contributed by atoms with Crippen LogP contribution in [0.15, 0.2) is 60.7 Å². The van der Waals surface area contributed by atoms with Crippen LogP contribution in [0.1, 0.15) is 33.4 Å². The van der Waals surface area contributed by atoms with E-state index >= 15 is 0 Å². The summed E-state index contributed by atoms with van der Waals surface area (Å²) in [5.74, 6) is -1.11. The maximum absolute atomic E-state index is 12.5. The van der Waals surface area contributed by atoms with E-state index in [1.807, 2.05) is 19.9 Å². The molecule has 0 unspecified atom stereocenters. The first-order chi connectivity index (χ1) is 13.4. The van der Waals surface area contributed by atoms with Crippen LogP contribution in [0, 0.1) is 13.8 Å². The number of carboxylic acids is 1. The number of carboxylic acid groups (broad SMARTS) is 1. The van der Waals surface area contributed by atoms with Gasteiger partial charge < -0.3 is 15.7 Å². The third-order valence-corrected chi connectivity index (χ3v) is 4.04. The summed E-state index contributed by atoms with van der Waals surface area (Å²) in [6.45, 7) is 3.78. The zero-order valence-corrected chi connectivity index (χ0v) is 15.5. The Balaban J connectivity index is 1.71. The quantitative estimate of drug-likeness (QED) is 0.609. The average molecular weight is 376 g/mol. The lowest BCUT2D eigenvalue weighted by atomic mass is 10.1. The Bertz CT molecular complexity index is 968. The van der Waals surface area contributed by atoms with Crippen LogP contribution in [-0.4, -0.2) is 27.0 Å². The van der Waals surface area contributed by atoms with E-state index in [9.17, 15) is 14.7 Å². The lowest BCUT2D eigenvalue weighted by Crippen LogP contribution is -2.33. The van der Waals surface area contributed by atoms with Crippen LogP contribution in [0.4, 0.5) is 11.6 Å². The van der Waals surface area contributed by atoms with E-state index in [0.29, 0.717) is 17.1 Å². The second-order valence-corrected chi connectivity index (χ2v) is 6.33. The van der Waals surface area contributed by atoms with Crippen molar-refractivity contribution >= 4 is 23.5 Å². The highest BCUT2D eigenvalue weighted by Crippen LogP contribution is 2.17. The molecule has 28 heavy (non-hydrogen) atoms. The molecular formula is C21H20N4O3. The molecule has 0 saturated carbocycles. The molecule has 3 rings (SSSR count). The fraction of sp³-hybridized carbons (Fsp3) is 0.143. The number of hydrogen-bond acceptors (Lipinski definition) is 5.